The Balaban J connectivity index is 2.88. The van der Waals surface area contributed by atoms with Gasteiger partial charge in [0.25, 0.3) is 0 Å². The third-order valence-corrected chi connectivity index (χ3v) is 1.02. The Bertz CT molecular complexity index is 199. The van der Waals surface area contributed by atoms with E-state index in [1.54, 1.807) is 0 Å². The van der Waals surface area contributed by atoms with Crippen LogP contribution in [0.1, 0.15) is 0 Å². The average molecular weight is 148 g/mol. The summed E-state index contributed by atoms with van der Waals surface area (Å²) in [6.45, 7) is -0.347. The second-order valence-electron chi connectivity index (χ2n) is 1.68. The van der Waals surface area contributed by atoms with Gasteiger partial charge in [0.05, 0.1) is 6.61 Å². The molecule has 1 rings (SSSR count). The highest BCUT2D eigenvalue weighted by Crippen LogP contribution is 2.00. The second-order valence-corrected chi connectivity index (χ2v) is 1.68. The quantitative estimate of drug-likeness (QED) is 0.255. The lowest BCUT2D eigenvalue weighted by Gasteiger charge is -1.89. The van der Waals surface area contributed by atoms with Crippen LogP contribution >= 0.6 is 0 Å². The maximum absolute atomic E-state index is 10.3. The third-order valence-electron chi connectivity index (χ3n) is 1.02. The van der Waals surface area contributed by atoms with Crippen LogP contribution in [-0.4, -0.2) is 33.5 Å². The molecule has 0 fully saturated rings. The van der Waals surface area contributed by atoms with E-state index in [4.69, 9.17) is 5.11 Å². The molecule has 1 atom stereocenters. The molecule has 1 aliphatic rings. The lowest BCUT2D eigenvalue weighted by Crippen LogP contribution is -2.29. The Labute approximate surface area is 54.8 Å². The van der Waals surface area contributed by atoms with Gasteiger partial charge in [-0.2, -0.15) is 0 Å². The highest BCUT2D eigenvalue weighted by Gasteiger charge is 2.41. The number of aliphatic hydroxyl groups is 1. The van der Waals surface area contributed by atoms with E-state index >= 15 is 0 Å². The fourth-order valence-corrected chi connectivity index (χ4v) is 0.589. The van der Waals surface area contributed by atoms with Crippen molar-refractivity contribution in [3.8, 4) is 0 Å². The smallest absolute Gasteiger partial charge is 0.395 e. The first-order chi connectivity index (χ1) is 4.63. The average Bonchev–Trinajstić information content (AvgIpc) is 2.11. The molecule has 56 valence electrons. The summed E-state index contributed by atoms with van der Waals surface area (Å²) in [5.74, 6) is -0.861. The summed E-state index contributed by atoms with van der Waals surface area (Å²) in [6, 6.07) is 0. The zero-order chi connectivity index (χ0) is 7.72. The summed E-state index contributed by atoms with van der Waals surface area (Å²) in [7, 11) is 0. The van der Waals surface area contributed by atoms with Crippen molar-refractivity contribution in [2.75, 3.05) is 6.61 Å². The number of amidine groups is 1. The molecule has 0 radical (unpaired) electrons. The minimum Gasteiger partial charge on any atom is -0.395 e. The Morgan fingerprint density at radius 3 is 2.70 bits per heavy atom. The Morgan fingerprint density at radius 1 is 1.90 bits per heavy atom. The van der Waals surface area contributed by atoms with Gasteiger partial charge >= 0.3 is 5.84 Å². The second kappa shape index (κ2) is 2.10. The van der Waals surface area contributed by atoms with Gasteiger partial charge < -0.3 is 9.94 Å². The summed E-state index contributed by atoms with van der Waals surface area (Å²) in [5.41, 5.74) is 0. The third kappa shape index (κ3) is 0.860. The molecule has 0 aromatic carbocycles. The van der Waals surface area contributed by atoms with Crippen LogP contribution in [0.2, 0.25) is 0 Å². The first kappa shape index (κ1) is 6.75. The molecule has 1 heterocycles. The number of aliphatic hydroxyl groups excluding tert-OH is 1. The normalized spacial score (nSPS) is 24.7. The first-order valence-corrected chi connectivity index (χ1v) is 2.42. The Hall–Kier alpha value is -1.37. The van der Waals surface area contributed by atoms with Gasteiger partial charge in [-0.15, -0.1) is 0 Å². The predicted molar refractivity (Wildman–Crippen MR) is 27.6 cm³/mol. The van der Waals surface area contributed by atoms with E-state index in [1.807, 2.05) is 0 Å². The minimum atomic E-state index is -1.41. The van der Waals surface area contributed by atoms with Crippen LogP contribution in [-0.2, 0) is 4.84 Å². The fourth-order valence-electron chi connectivity index (χ4n) is 0.589. The monoisotopic (exact) mass is 148 g/mol. The topological polar surface area (TPSA) is 98.7 Å². The number of nitrogens with zero attached hydrogens (tertiary/aromatic N) is 2. The van der Waals surface area contributed by atoms with E-state index < -0.39 is 16.9 Å². The Kier molecular flexibility index (Phi) is 1.42. The van der Waals surface area contributed by atoms with Crippen molar-refractivity contribution < 1.29 is 19.8 Å². The van der Waals surface area contributed by atoms with Crippen molar-refractivity contribution in [2.45, 2.75) is 6.10 Å². The Morgan fingerprint density at radius 2 is 2.50 bits per heavy atom. The number of rotatable bonds is 0. The van der Waals surface area contributed by atoms with Gasteiger partial charge in [0.2, 0.25) is 6.10 Å². The van der Waals surface area contributed by atoms with Crippen molar-refractivity contribution >= 4 is 5.84 Å². The summed E-state index contributed by atoms with van der Waals surface area (Å²) < 4.78 is 0. The maximum Gasteiger partial charge on any atom is 0.561 e. The van der Waals surface area contributed by atoms with E-state index in [-0.39, 0.29) is 11.5 Å². The van der Waals surface area contributed by atoms with Gasteiger partial charge in [-0.05, 0) is 0 Å². The van der Waals surface area contributed by atoms with Crippen LogP contribution in [0.4, 0.5) is 0 Å². The summed E-state index contributed by atoms with van der Waals surface area (Å²) in [5, 5.41) is 28.9. The molecule has 1 N–H and O–H groups in total. The molecule has 0 aromatic rings. The largest absolute Gasteiger partial charge is 0.561 e. The molecule has 1 aliphatic heterocycles. The van der Waals surface area contributed by atoms with E-state index in [0.29, 0.717) is 0 Å². The van der Waals surface area contributed by atoms with Crippen molar-refractivity contribution in [3.63, 3.8) is 0 Å². The molecular formula is C3H4N2O5. The van der Waals surface area contributed by atoms with Gasteiger partial charge in [0.15, 0.2) is 0 Å². The zero-order valence-corrected chi connectivity index (χ0v) is 4.76. The van der Waals surface area contributed by atoms with Crippen LogP contribution in [0.25, 0.3) is 0 Å². The van der Waals surface area contributed by atoms with Crippen LogP contribution in [0, 0.1) is 15.3 Å². The van der Waals surface area contributed by atoms with Crippen LogP contribution in [0.3, 0.4) is 0 Å². The van der Waals surface area contributed by atoms with Crippen LogP contribution < -0.4 is 0 Å². The first-order valence-electron chi connectivity index (χ1n) is 2.42. The summed E-state index contributed by atoms with van der Waals surface area (Å²) >= 11 is 0. The molecule has 0 aliphatic carbocycles. The SMILES string of the molecule is O=[N+]([O-])C1=[N+]([O-])OCC1O. The molecular weight excluding hydrogens is 144 g/mol. The van der Waals surface area contributed by atoms with Gasteiger partial charge in [-0.25, -0.2) is 0 Å². The van der Waals surface area contributed by atoms with E-state index in [1.165, 1.54) is 0 Å². The molecule has 7 heteroatoms. The molecule has 10 heavy (non-hydrogen) atoms. The standard InChI is InChI=1S/C3H4N2O5/c6-2-1-10-5(9)3(2)4(7)8/h2,6H,1H2. The van der Waals surface area contributed by atoms with Crippen molar-refractivity contribution in [3.05, 3.63) is 15.3 Å². The van der Waals surface area contributed by atoms with Gasteiger partial charge in [0.1, 0.15) is 9.83 Å². The molecule has 0 saturated carbocycles. The summed E-state index contributed by atoms with van der Waals surface area (Å²) in [6.07, 6.45) is -1.41. The van der Waals surface area contributed by atoms with E-state index in [9.17, 15) is 15.3 Å². The maximum atomic E-state index is 10.3. The van der Waals surface area contributed by atoms with Crippen LogP contribution in [0.5, 0.6) is 0 Å². The molecule has 0 spiro atoms. The lowest BCUT2D eigenvalue weighted by molar-refractivity contribution is -0.747. The van der Waals surface area contributed by atoms with Gasteiger partial charge in [-0.3, -0.25) is 15.3 Å². The fraction of sp³-hybridized carbons (Fsp3) is 0.667. The molecule has 0 saturated heterocycles. The van der Waals surface area contributed by atoms with E-state index in [2.05, 4.69) is 4.84 Å². The predicted octanol–water partition coefficient (Wildman–Crippen LogP) is -1.52. The molecule has 0 aromatic heterocycles. The lowest BCUT2D eigenvalue weighted by atomic mass is 10.4. The highest BCUT2D eigenvalue weighted by atomic mass is 16.9. The van der Waals surface area contributed by atoms with Crippen molar-refractivity contribution in [1.82, 2.24) is 0 Å². The summed E-state index contributed by atoms with van der Waals surface area (Å²) in [4.78, 5) is 12.7. The number of nitro groups is 1. The number of hydrogen-bond donors (Lipinski definition) is 1. The van der Waals surface area contributed by atoms with E-state index in [0.717, 1.165) is 0 Å². The zero-order valence-electron chi connectivity index (χ0n) is 4.76. The minimum absolute atomic E-state index is 0.287. The van der Waals surface area contributed by atoms with Crippen molar-refractivity contribution in [2.24, 2.45) is 0 Å². The molecule has 7 nitrogen and oxygen atoms in total. The molecule has 1 unspecified atom stereocenters. The number of hydrogen-bond acceptors (Lipinski definition) is 5. The van der Waals surface area contributed by atoms with Gasteiger partial charge in [0, 0.05) is 0 Å². The van der Waals surface area contributed by atoms with Crippen LogP contribution in [0.15, 0.2) is 0 Å². The molecule has 0 amide bonds. The highest BCUT2D eigenvalue weighted by molar-refractivity contribution is 5.74. The van der Waals surface area contributed by atoms with Gasteiger partial charge in [-0.1, -0.05) is 0 Å². The molecule has 0 bridgehead atoms. The van der Waals surface area contributed by atoms with Crippen molar-refractivity contribution in [1.29, 1.82) is 0 Å².